The van der Waals surface area contributed by atoms with Crippen molar-refractivity contribution < 1.29 is 27.4 Å². The minimum atomic E-state index is -0.637. The second kappa shape index (κ2) is 12.1. The van der Waals surface area contributed by atoms with E-state index in [0.29, 0.717) is 29.2 Å². The Balaban J connectivity index is 1.29. The van der Waals surface area contributed by atoms with Gasteiger partial charge in [-0.3, -0.25) is 9.29 Å². The summed E-state index contributed by atoms with van der Waals surface area (Å²) in [6.45, 7) is 4.78. The molecule has 0 aromatic heterocycles. The van der Waals surface area contributed by atoms with Crippen LogP contribution in [0.4, 0.5) is 13.2 Å². The van der Waals surface area contributed by atoms with Gasteiger partial charge in [0.1, 0.15) is 29.2 Å². The summed E-state index contributed by atoms with van der Waals surface area (Å²) in [5.41, 5.74) is 4.77. The molecule has 2 fully saturated rings. The first-order valence-electron chi connectivity index (χ1n) is 14.3. The third kappa shape index (κ3) is 6.21. The van der Waals surface area contributed by atoms with E-state index < -0.39 is 17.7 Å². The molecule has 2 unspecified atom stereocenters. The molecule has 0 N–H and O–H groups in total. The zero-order valence-corrected chi connectivity index (χ0v) is 23.1. The number of benzene rings is 3. The van der Waals surface area contributed by atoms with Crippen molar-refractivity contribution in [3.63, 3.8) is 0 Å². The summed E-state index contributed by atoms with van der Waals surface area (Å²) in [5.74, 6) is 0.196. The molecule has 0 amide bonds. The molecule has 3 aromatic rings. The number of fused-ring (bicyclic) bond motifs is 1. The molecule has 6 rings (SSSR count). The summed E-state index contributed by atoms with van der Waals surface area (Å²) in [6.07, 6.45) is 6.20. The van der Waals surface area contributed by atoms with Crippen LogP contribution in [0.3, 0.4) is 0 Å². The largest absolute Gasteiger partial charge is 0.480 e. The highest BCUT2D eigenvalue weighted by Gasteiger charge is 2.31. The lowest BCUT2D eigenvalue weighted by atomic mass is 9.86. The van der Waals surface area contributed by atoms with Crippen LogP contribution in [0.5, 0.6) is 11.5 Å². The normalized spacial score (nSPS) is 21.5. The Bertz CT molecular complexity index is 1420. The standard InChI is InChI=1S/C34H34F3NO3/c1-22-30-12-11-29(40-32-6-2-3-14-39-32)18-31(30)41-34(33(22)26-15-27(36)17-28(37)16-26)25-9-7-23(8-10-25)5-4-13-38-20-24(19-35)21-38/h4-5,7-12,15-18,24,32,34H,2-3,6,13-14,19-21H2,1H3/b5-4+. The van der Waals surface area contributed by atoms with Gasteiger partial charge in [0.15, 0.2) is 6.29 Å². The van der Waals surface area contributed by atoms with Gasteiger partial charge in [0.25, 0.3) is 0 Å². The van der Waals surface area contributed by atoms with Crippen LogP contribution < -0.4 is 9.47 Å². The maximum Gasteiger partial charge on any atom is 0.199 e. The molecular weight excluding hydrogens is 527 g/mol. The quantitative estimate of drug-likeness (QED) is 0.280. The Morgan fingerprint density at radius 1 is 0.976 bits per heavy atom. The Hall–Kier alpha value is -3.55. The van der Waals surface area contributed by atoms with Gasteiger partial charge in [-0.25, -0.2) is 8.78 Å². The molecule has 2 saturated heterocycles. The molecule has 2 atom stereocenters. The number of nitrogens with zero attached hydrogens (tertiary/aromatic N) is 1. The maximum atomic E-state index is 14.3. The topological polar surface area (TPSA) is 30.9 Å². The van der Waals surface area contributed by atoms with E-state index in [1.165, 1.54) is 12.1 Å². The van der Waals surface area contributed by atoms with Crippen LogP contribution in [-0.2, 0) is 4.74 Å². The van der Waals surface area contributed by atoms with Gasteiger partial charge in [0, 0.05) is 55.2 Å². The first-order valence-corrected chi connectivity index (χ1v) is 14.3. The van der Waals surface area contributed by atoms with Crippen LogP contribution in [0.15, 0.2) is 66.7 Å². The molecule has 3 aliphatic rings. The number of halogens is 3. The highest BCUT2D eigenvalue weighted by molar-refractivity contribution is 5.95. The lowest BCUT2D eigenvalue weighted by Gasteiger charge is -2.36. The zero-order chi connectivity index (χ0) is 28.3. The highest BCUT2D eigenvalue weighted by Crippen LogP contribution is 2.47. The molecule has 3 heterocycles. The van der Waals surface area contributed by atoms with Crippen LogP contribution >= 0.6 is 0 Å². The van der Waals surface area contributed by atoms with E-state index in [9.17, 15) is 13.2 Å². The predicted octanol–water partition coefficient (Wildman–Crippen LogP) is 7.85. The fraction of sp³-hybridized carbons (Fsp3) is 0.353. The maximum absolute atomic E-state index is 14.3. The zero-order valence-electron chi connectivity index (χ0n) is 23.1. The van der Waals surface area contributed by atoms with Crippen LogP contribution in [-0.4, -0.2) is 44.1 Å². The number of rotatable bonds is 8. The van der Waals surface area contributed by atoms with Gasteiger partial charge < -0.3 is 14.2 Å². The van der Waals surface area contributed by atoms with E-state index in [1.807, 2.05) is 55.5 Å². The monoisotopic (exact) mass is 561 g/mol. The molecule has 0 aliphatic carbocycles. The minimum absolute atomic E-state index is 0.170. The Morgan fingerprint density at radius 3 is 2.46 bits per heavy atom. The van der Waals surface area contributed by atoms with Gasteiger partial charge in [-0.1, -0.05) is 36.4 Å². The summed E-state index contributed by atoms with van der Waals surface area (Å²) in [6, 6.07) is 17.2. The molecule has 4 nitrogen and oxygen atoms in total. The third-order valence-corrected chi connectivity index (χ3v) is 8.01. The van der Waals surface area contributed by atoms with Gasteiger partial charge >= 0.3 is 0 Å². The molecule has 0 bridgehead atoms. The molecule has 0 saturated carbocycles. The van der Waals surface area contributed by atoms with Crippen molar-refractivity contribution in [2.45, 2.75) is 38.6 Å². The van der Waals surface area contributed by atoms with Crippen molar-refractivity contribution in [2.24, 2.45) is 5.92 Å². The summed E-state index contributed by atoms with van der Waals surface area (Å²) in [5, 5.41) is 0. The number of ether oxygens (including phenoxy) is 3. The number of hydrogen-bond donors (Lipinski definition) is 0. The second-order valence-corrected chi connectivity index (χ2v) is 11.1. The van der Waals surface area contributed by atoms with Crippen molar-refractivity contribution in [1.29, 1.82) is 0 Å². The van der Waals surface area contributed by atoms with E-state index in [2.05, 4.69) is 11.0 Å². The van der Waals surface area contributed by atoms with E-state index in [4.69, 9.17) is 14.2 Å². The first-order chi connectivity index (χ1) is 20.0. The fourth-order valence-corrected chi connectivity index (χ4v) is 5.82. The summed E-state index contributed by atoms with van der Waals surface area (Å²) < 4.78 is 59.8. The lowest BCUT2D eigenvalue weighted by Crippen LogP contribution is -2.47. The molecular formula is C34H34F3NO3. The van der Waals surface area contributed by atoms with Crippen LogP contribution in [0.1, 0.15) is 54.5 Å². The van der Waals surface area contributed by atoms with Crippen LogP contribution in [0, 0.1) is 17.6 Å². The number of likely N-dealkylation sites (tertiary alicyclic amines) is 1. The molecule has 214 valence electrons. The lowest BCUT2D eigenvalue weighted by molar-refractivity contribution is -0.105. The van der Waals surface area contributed by atoms with Crippen LogP contribution in [0.2, 0.25) is 0 Å². The van der Waals surface area contributed by atoms with Gasteiger partial charge in [-0.2, -0.15) is 0 Å². The number of hydrogen-bond acceptors (Lipinski definition) is 4. The Morgan fingerprint density at radius 2 is 1.76 bits per heavy atom. The number of allylic oxidation sites excluding steroid dienone is 1. The fourth-order valence-electron chi connectivity index (χ4n) is 5.82. The van der Waals surface area contributed by atoms with Gasteiger partial charge in [0.2, 0.25) is 0 Å². The SMILES string of the molecule is CC1=C(c2cc(F)cc(F)c2)C(c2ccc(/C=C/CN3CC(CF)C3)cc2)Oc2cc(OC3CCCCO3)ccc21. The average molecular weight is 562 g/mol. The molecule has 0 spiro atoms. The van der Waals surface area contributed by atoms with Crippen molar-refractivity contribution >= 4 is 17.2 Å². The Kier molecular flexibility index (Phi) is 8.17. The van der Waals surface area contributed by atoms with Gasteiger partial charge in [0.05, 0.1) is 13.3 Å². The minimum Gasteiger partial charge on any atom is -0.480 e. The predicted molar refractivity (Wildman–Crippen MR) is 154 cm³/mol. The van der Waals surface area contributed by atoms with Crippen molar-refractivity contribution in [3.05, 3.63) is 101 Å². The summed E-state index contributed by atoms with van der Waals surface area (Å²) >= 11 is 0. The first kappa shape index (κ1) is 27.6. The molecule has 3 aromatic carbocycles. The van der Waals surface area contributed by atoms with Crippen LogP contribution in [0.25, 0.3) is 17.2 Å². The highest BCUT2D eigenvalue weighted by atomic mass is 19.1. The summed E-state index contributed by atoms with van der Waals surface area (Å²) in [4.78, 5) is 2.21. The van der Waals surface area contributed by atoms with E-state index in [0.717, 1.165) is 67.2 Å². The van der Waals surface area contributed by atoms with E-state index in [1.54, 1.807) is 0 Å². The van der Waals surface area contributed by atoms with Gasteiger partial charge in [-0.05, 0) is 66.3 Å². The van der Waals surface area contributed by atoms with Crippen molar-refractivity contribution in [3.8, 4) is 11.5 Å². The number of alkyl halides is 1. The van der Waals surface area contributed by atoms with E-state index >= 15 is 0 Å². The molecule has 41 heavy (non-hydrogen) atoms. The van der Waals surface area contributed by atoms with E-state index in [-0.39, 0.29) is 18.9 Å². The van der Waals surface area contributed by atoms with Crippen molar-refractivity contribution in [2.75, 3.05) is 32.9 Å². The van der Waals surface area contributed by atoms with Gasteiger partial charge in [-0.15, -0.1) is 0 Å². The Labute approximate surface area is 239 Å². The second-order valence-electron chi connectivity index (χ2n) is 11.1. The smallest absolute Gasteiger partial charge is 0.199 e. The summed E-state index contributed by atoms with van der Waals surface area (Å²) in [7, 11) is 0. The molecule has 0 radical (unpaired) electrons. The van der Waals surface area contributed by atoms with Crippen molar-refractivity contribution in [1.82, 2.24) is 4.90 Å². The average Bonchev–Trinajstić information content (AvgIpc) is 2.94. The molecule has 3 aliphatic heterocycles. The third-order valence-electron chi connectivity index (χ3n) is 8.01. The molecule has 7 heteroatoms.